The van der Waals surface area contributed by atoms with Crippen LogP contribution in [0.15, 0.2) is 24.3 Å². The van der Waals surface area contributed by atoms with Gasteiger partial charge in [-0.15, -0.1) is 0 Å². The van der Waals surface area contributed by atoms with Gasteiger partial charge in [-0.2, -0.15) is 0 Å². The van der Waals surface area contributed by atoms with Crippen LogP contribution in [0.3, 0.4) is 0 Å². The maximum absolute atomic E-state index is 12.4. The third-order valence-electron chi connectivity index (χ3n) is 3.14. The van der Waals surface area contributed by atoms with Gasteiger partial charge in [0.1, 0.15) is 0 Å². The van der Waals surface area contributed by atoms with Crippen LogP contribution in [0.2, 0.25) is 0 Å². The fourth-order valence-corrected chi connectivity index (χ4v) is 2.04. The molecule has 0 radical (unpaired) electrons. The Hall–Kier alpha value is -2.04. The average Bonchev–Trinajstić information content (AvgIpc) is 2.52. The van der Waals surface area contributed by atoms with Gasteiger partial charge in [-0.05, 0) is 37.1 Å². The summed E-state index contributed by atoms with van der Waals surface area (Å²) in [6, 6.07) is 7.25. The number of anilines is 1. The summed E-state index contributed by atoms with van der Waals surface area (Å²) in [5, 5.41) is 5.55. The molecule has 0 atom stereocenters. The fourth-order valence-electron chi connectivity index (χ4n) is 2.04. The molecule has 0 saturated carbocycles. The number of rotatable bonds is 8. The summed E-state index contributed by atoms with van der Waals surface area (Å²) in [5.41, 5.74) is 1.51. The van der Waals surface area contributed by atoms with E-state index in [1.54, 1.807) is 19.2 Å². The molecule has 0 aromatic heterocycles. The Morgan fingerprint density at radius 1 is 1.05 bits per heavy atom. The van der Waals surface area contributed by atoms with Gasteiger partial charge in [0.25, 0.3) is 5.91 Å². The van der Waals surface area contributed by atoms with E-state index >= 15 is 0 Å². The second-order valence-electron chi connectivity index (χ2n) is 4.90. The molecule has 0 aliphatic heterocycles. The second-order valence-corrected chi connectivity index (χ2v) is 4.90. The van der Waals surface area contributed by atoms with E-state index in [1.807, 2.05) is 17.0 Å². The van der Waals surface area contributed by atoms with Gasteiger partial charge < -0.3 is 15.5 Å². The van der Waals surface area contributed by atoms with Crippen molar-refractivity contribution < 1.29 is 9.59 Å². The van der Waals surface area contributed by atoms with Crippen molar-refractivity contribution in [2.24, 2.45) is 0 Å². The van der Waals surface area contributed by atoms with Gasteiger partial charge in [0, 0.05) is 31.4 Å². The van der Waals surface area contributed by atoms with Crippen molar-refractivity contribution in [3.05, 3.63) is 29.8 Å². The predicted octanol–water partition coefficient (Wildman–Crippen LogP) is 2.11. The topological polar surface area (TPSA) is 61.4 Å². The second kappa shape index (κ2) is 9.00. The van der Waals surface area contributed by atoms with Gasteiger partial charge in [-0.25, -0.2) is 0 Å². The zero-order chi connectivity index (χ0) is 15.7. The third-order valence-corrected chi connectivity index (χ3v) is 3.14. The first-order chi connectivity index (χ1) is 10.1. The summed E-state index contributed by atoms with van der Waals surface area (Å²) in [5.74, 6) is -0.0104. The number of carbonyl (C=O) groups excluding carboxylic acids is 2. The molecule has 2 N–H and O–H groups in total. The molecule has 0 saturated heterocycles. The number of amides is 2. The maximum Gasteiger partial charge on any atom is 0.253 e. The van der Waals surface area contributed by atoms with E-state index in [-0.39, 0.29) is 18.4 Å². The number of nitrogens with one attached hydrogen (secondary N) is 2. The monoisotopic (exact) mass is 291 g/mol. The summed E-state index contributed by atoms with van der Waals surface area (Å²) < 4.78 is 0. The van der Waals surface area contributed by atoms with Gasteiger partial charge in [-0.1, -0.05) is 13.8 Å². The summed E-state index contributed by atoms with van der Waals surface area (Å²) in [6.45, 7) is 5.93. The zero-order valence-electron chi connectivity index (χ0n) is 13.1. The highest BCUT2D eigenvalue weighted by atomic mass is 16.2. The minimum absolute atomic E-state index is 0.0663. The van der Waals surface area contributed by atoms with E-state index in [0.29, 0.717) is 5.56 Å². The Morgan fingerprint density at radius 3 is 2.10 bits per heavy atom. The molecule has 1 aromatic rings. The van der Waals surface area contributed by atoms with Crippen molar-refractivity contribution in [1.82, 2.24) is 10.2 Å². The van der Waals surface area contributed by atoms with Crippen LogP contribution in [-0.2, 0) is 4.79 Å². The Kier molecular flexibility index (Phi) is 7.29. The van der Waals surface area contributed by atoms with E-state index in [4.69, 9.17) is 0 Å². The van der Waals surface area contributed by atoms with Crippen LogP contribution in [0, 0.1) is 0 Å². The zero-order valence-corrected chi connectivity index (χ0v) is 13.1. The average molecular weight is 291 g/mol. The van der Waals surface area contributed by atoms with E-state index in [1.165, 1.54) is 0 Å². The van der Waals surface area contributed by atoms with Gasteiger partial charge >= 0.3 is 0 Å². The third kappa shape index (κ3) is 5.45. The van der Waals surface area contributed by atoms with Crippen molar-refractivity contribution in [1.29, 1.82) is 0 Å². The molecule has 2 amide bonds. The highest BCUT2D eigenvalue weighted by Crippen LogP contribution is 2.12. The van der Waals surface area contributed by atoms with E-state index in [9.17, 15) is 9.59 Å². The first-order valence-electron chi connectivity index (χ1n) is 7.46. The van der Waals surface area contributed by atoms with Crippen LogP contribution in [0.1, 0.15) is 37.0 Å². The number of nitrogens with zero attached hydrogens (tertiary/aromatic N) is 1. The molecule has 0 spiro atoms. The normalized spacial score (nSPS) is 10.0. The van der Waals surface area contributed by atoms with Gasteiger partial charge in [0.15, 0.2) is 0 Å². The molecule has 0 aliphatic rings. The fraction of sp³-hybridized carbons (Fsp3) is 0.500. The van der Waals surface area contributed by atoms with Gasteiger partial charge in [0.2, 0.25) is 5.91 Å². The number of likely N-dealkylation sites (N-methyl/N-ethyl adjacent to an activating group) is 1. The van der Waals surface area contributed by atoms with Gasteiger partial charge in [0.05, 0.1) is 6.54 Å². The van der Waals surface area contributed by atoms with E-state index in [0.717, 1.165) is 31.6 Å². The molecule has 116 valence electrons. The molecule has 5 nitrogen and oxygen atoms in total. The van der Waals surface area contributed by atoms with Crippen molar-refractivity contribution >= 4 is 17.5 Å². The van der Waals surface area contributed by atoms with Crippen LogP contribution in [-0.4, -0.2) is 43.4 Å². The Bertz CT molecular complexity index is 451. The molecule has 21 heavy (non-hydrogen) atoms. The highest BCUT2D eigenvalue weighted by Gasteiger charge is 2.13. The molecule has 0 heterocycles. The lowest BCUT2D eigenvalue weighted by Gasteiger charge is -2.21. The van der Waals surface area contributed by atoms with Crippen molar-refractivity contribution in [2.75, 3.05) is 32.0 Å². The van der Waals surface area contributed by atoms with Crippen LogP contribution >= 0.6 is 0 Å². The van der Waals surface area contributed by atoms with Crippen molar-refractivity contribution in [2.45, 2.75) is 26.7 Å². The van der Waals surface area contributed by atoms with Crippen LogP contribution in [0.4, 0.5) is 5.69 Å². The van der Waals surface area contributed by atoms with Crippen molar-refractivity contribution in [3.63, 3.8) is 0 Å². The summed E-state index contributed by atoms with van der Waals surface area (Å²) in [7, 11) is 1.60. The lowest BCUT2D eigenvalue weighted by atomic mass is 10.1. The Morgan fingerprint density at radius 2 is 1.62 bits per heavy atom. The number of benzene rings is 1. The molecule has 0 fully saturated rings. The highest BCUT2D eigenvalue weighted by molar-refractivity contribution is 5.94. The van der Waals surface area contributed by atoms with E-state index < -0.39 is 0 Å². The SMILES string of the molecule is CCCN(CCC)C(=O)c1ccc(NCC(=O)NC)cc1. The van der Waals surface area contributed by atoms with Gasteiger partial charge in [-0.3, -0.25) is 9.59 Å². The standard InChI is InChI=1S/C16H25N3O2/c1-4-10-19(11-5-2)16(21)13-6-8-14(9-7-13)18-12-15(20)17-3/h6-9,18H,4-5,10-12H2,1-3H3,(H,17,20). The minimum Gasteiger partial charge on any atom is -0.376 e. The number of hydrogen-bond donors (Lipinski definition) is 2. The van der Waals surface area contributed by atoms with Crippen LogP contribution in [0.5, 0.6) is 0 Å². The first kappa shape index (κ1) is 17.0. The summed E-state index contributed by atoms with van der Waals surface area (Å²) in [6.07, 6.45) is 1.91. The number of carbonyl (C=O) groups is 2. The molecular weight excluding hydrogens is 266 g/mol. The lowest BCUT2D eigenvalue weighted by molar-refractivity contribution is -0.118. The molecule has 0 bridgehead atoms. The molecule has 5 heteroatoms. The lowest BCUT2D eigenvalue weighted by Crippen LogP contribution is -2.32. The molecule has 0 unspecified atom stereocenters. The minimum atomic E-state index is -0.0766. The quantitative estimate of drug-likeness (QED) is 0.771. The molecule has 1 aromatic carbocycles. The summed E-state index contributed by atoms with van der Waals surface area (Å²) in [4.78, 5) is 25.4. The molecule has 1 rings (SSSR count). The Balaban J connectivity index is 2.67. The molecular formula is C16H25N3O2. The first-order valence-corrected chi connectivity index (χ1v) is 7.46. The predicted molar refractivity (Wildman–Crippen MR) is 85.5 cm³/mol. The van der Waals surface area contributed by atoms with E-state index in [2.05, 4.69) is 24.5 Å². The Labute approximate surface area is 126 Å². The largest absolute Gasteiger partial charge is 0.376 e. The maximum atomic E-state index is 12.4. The molecule has 0 aliphatic carbocycles. The van der Waals surface area contributed by atoms with Crippen molar-refractivity contribution in [3.8, 4) is 0 Å². The van der Waals surface area contributed by atoms with Crippen LogP contribution < -0.4 is 10.6 Å². The van der Waals surface area contributed by atoms with Crippen LogP contribution in [0.25, 0.3) is 0 Å². The smallest absolute Gasteiger partial charge is 0.253 e. The number of hydrogen-bond acceptors (Lipinski definition) is 3. The summed E-state index contributed by atoms with van der Waals surface area (Å²) >= 11 is 0.